The molecular formula is C25H44O. The molecule has 0 aliphatic carbocycles. The second kappa shape index (κ2) is 15.1. The largest absolute Gasteiger partial charge is 0.507 e. The third kappa shape index (κ3) is 10.2. The van der Waals surface area contributed by atoms with Gasteiger partial charge in [0.05, 0.1) is 0 Å². The van der Waals surface area contributed by atoms with E-state index in [-0.39, 0.29) is 0 Å². The van der Waals surface area contributed by atoms with Gasteiger partial charge < -0.3 is 5.11 Å². The van der Waals surface area contributed by atoms with Gasteiger partial charge in [-0.05, 0) is 30.4 Å². The van der Waals surface area contributed by atoms with E-state index in [1.807, 2.05) is 13.0 Å². The zero-order valence-corrected chi connectivity index (χ0v) is 17.9. The summed E-state index contributed by atoms with van der Waals surface area (Å²) in [4.78, 5) is 0. The zero-order chi connectivity index (χ0) is 19.0. The van der Waals surface area contributed by atoms with Crippen molar-refractivity contribution in [1.82, 2.24) is 0 Å². The number of unbranched alkanes of at least 4 members (excludes halogenated alkanes) is 13. The van der Waals surface area contributed by atoms with Crippen molar-refractivity contribution in [1.29, 1.82) is 0 Å². The number of benzene rings is 1. The number of aromatic hydroxyl groups is 1. The number of hydrogen-bond donors (Lipinski definition) is 1. The lowest BCUT2D eigenvalue weighted by atomic mass is 9.92. The lowest BCUT2D eigenvalue weighted by Gasteiger charge is -2.14. The lowest BCUT2D eigenvalue weighted by Crippen LogP contribution is -1.95. The van der Waals surface area contributed by atoms with Crippen LogP contribution in [0, 0.1) is 6.92 Å². The average Bonchev–Trinajstić information content (AvgIpc) is 2.64. The summed E-state index contributed by atoms with van der Waals surface area (Å²) in [7, 11) is 0. The van der Waals surface area contributed by atoms with Gasteiger partial charge in [-0.1, -0.05) is 122 Å². The molecule has 0 aliphatic heterocycles. The number of para-hydroxylation sites is 1. The molecule has 0 bridgehead atoms. The fraction of sp³-hybridized carbons (Fsp3) is 0.760. The molecule has 1 atom stereocenters. The first-order valence-corrected chi connectivity index (χ1v) is 11.4. The molecule has 150 valence electrons. The van der Waals surface area contributed by atoms with Gasteiger partial charge in [0.2, 0.25) is 0 Å². The molecule has 1 aromatic rings. The Labute approximate surface area is 163 Å². The monoisotopic (exact) mass is 360 g/mol. The highest BCUT2D eigenvalue weighted by Crippen LogP contribution is 2.31. The maximum absolute atomic E-state index is 10.2. The number of phenols is 1. The van der Waals surface area contributed by atoms with Crippen molar-refractivity contribution < 1.29 is 5.11 Å². The second-order valence-electron chi connectivity index (χ2n) is 8.30. The normalized spacial score (nSPS) is 12.4. The highest BCUT2D eigenvalue weighted by atomic mass is 16.3. The molecule has 0 aromatic heterocycles. The Balaban J connectivity index is 1.91. The Hall–Kier alpha value is -0.980. The molecule has 26 heavy (non-hydrogen) atoms. The minimum Gasteiger partial charge on any atom is -0.507 e. The predicted octanol–water partition coefficient (Wildman–Crippen LogP) is 8.68. The van der Waals surface area contributed by atoms with Gasteiger partial charge in [0.1, 0.15) is 5.75 Å². The summed E-state index contributed by atoms with van der Waals surface area (Å²) in [5.41, 5.74) is 2.12. The molecule has 0 amide bonds. The van der Waals surface area contributed by atoms with Gasteiger partial charge in [0.25, 0.3) is 0 Å². The average molecular weight is 361 g/mol. The number of aryl methyl sites for hydroxylation is 1. The van der Waals surface area contributed by atoms with E-state index in [0.29, 0.717) is 11.7 Å². The van der Waals surface area contributed by atoms with E-state index in [4.69, 9.17) is 0 Å². The molecule has 0 heterocycles. The Morgan fingerprint density at radius 3 is 1.69 bits per heavy atom. The molecule has 1 unspecified atom stereocenters. The van der Waals surface area contributed by atoms with Crippen LogP contribution in [0.3, 0.4) is 0 Å². The Bertz CT molecular complexity index is 451. The van der Waals surface area contributed by atoms with E-state index >= 15 is 0 Å². The van der Waals surface area contributed by atoms with Crippen LogP contribution >= 0.6 is 0 Å². The van der Waals surface area contributed by atoms with Crippen LogP contribution in [0.15, 0.2) is 18.2 Å². The Morgan fingerprint density at radius 2 is 1.19 bits per heavy atom. The third-order valence-electron chi connectivity index (χ3n) is 5.79. The zero-order valence-electron chi connectivity index (χ0n) is 17.9. The van der Waals surface area contributed by atoms with Gasteiger partial charge in [-0.2, -0.15) is 0 Å². The summed E-state index contributed by atoms with van der Waals surface area (Å²) in [6.07, 6.45) is 20.9. The number of hydrogen-bond acceptors (Lipinski definition) is 1. The Morgan fingerprint density at radius 1 is 0.731 bits per heavy atom. The van der Waals surface area contributed by atoms with E-state index in [0.717, 1.165) is 11.1 Å². The van der Waals surface area contributed by atoms with Crippen molar-refractivity contribution in [2.75, 3.05) is 0 Å². The second-order valence-corrected chi connectivity index (χ2v) is 8.30. The first-order chi connectivity index (χ1) is 12.7. The highest BCUT2D eigenvalue weighted by Gasteiger charge is 2.11. The molecule has 0 aliphatic rings. The van der Waals surface area contributed by atoms with E-state index in [1.54, 1.807) is 0 Å². The van der Waals surface area contributed by atoms with Crippen molar-refractivity contribution in [3.8, 4) is 5.75 Å². The van der Waals surface area contributed by atoms with Gasteiger partial charge in [-0.15, -0.1) is 0 Å². The lowest BCUT2D eigenvalue weighted by molar-refractivity contribution is 0.453. The van der Waals surface area contributed by atoms with Crippen LogP contribution in [0.25, 0.3) is 0 Å². The molecule has 1 heteroatoms. The molecule has 1 N–H and O–H groups in total. The molecular weight excluding hydrogens is 316 g/mol. The third-order valence-corrected chi connectivity index (χ3v) is 5.79. The topological polar surface area (TPSA) is 20.2 Å². The molecule has 0 radical (unpaired) electrons. The Kier molecular flexibility index (Phi) is 13.4. The molecule has 0 saturated heterocycles. The van der Waals surface area contributed by atoms with Gasteiger partial charge in [-0.25, -0.2) is 0 Å². The smallest absolute Gasteiger partial charge is 0.121 e. The van der Waals surface area contributed by atoms with Gasteiger partial charge in [0, 0.05) is 0 Å². The summed E-state index contributed by atoms with van der Waals surface area (Å²) >= 11 is 0. The van der Waals surface area contributed by atoms with Crippen LogP contribution in [-0.2, 0) is 0 Å². The maximum atomic E-state index is 10.2. The fourth-order valence-corrected chi connectivity index (χ4v) is 3.88. The van der Waals surface area contributed by atoms with Crippen molar-refractivity contribution in [3.63, 3.8) is 0 Å². The predicted molar refractivity (Wildman–Crippen MR) is 116 cm³/mol. The SMILES string of the molecule is CCCCCCCCCCCCCCCCC(C)c1cccc(C)c1O. The van der Waals surface area contributed by atoms with Crippen molar-refractivity contribution in [2.24, 2.45) is 0 Å². The van der Waals surface area contributed by atoms with E-state index in [9.17, 15) is 5.11 Å². The standard InChI is InChI=1S/C25H44O/c1-4-5-6-7-8-9-10-11-12-13-14-15-16-17-19-22(2)24-21-18-20-23(3)25(24)26/h18,20-22,26H,4-17,19H2,1-3H3. The maximum Gasteiger partial charge on any atom is 0.121 e. The first-order valence-electron chi connectivity index (χ1n) is 11.4. The van der Waals surface area contributed by atoms with Crippen LogP contribution < -0.4 is 0 Å². The van der Waals surface area contributed by atoms with Crippen molar-refractivity contribution >= 4 is 0 Å². The van der Waals surface area contributed by atoms with Crippen LogP contribution in [0.2, 0.25) is 0 Å². The van der Waals surface area contributed by atoms with Gasteiger partial charge in [-0.3, -0.25) is 0 Å². The van der Waals surface area contributed by atoms with Crippen molar-refractivity contribution in [2.45, 2.75) is 123 Å². The van der Waals surface area contributed by atoms with E-state index in [1.165, 1.54) is 96.3 Å². The first kappa shape index (κ1) is 23.1. The molecule has 1 aromatic carbocycles. The van der Waals surface area contributed by atoms with Crippen LogP contribution in [0.1, 0.15) is 127 Å². The fourth-order valence-electron chi connectivity index (χ4n) is 3.88. The molecule has 1 nitrogen and oxygen atoms in total. The van der Waals surface area contributed by atoms with E-state index < -0.39 is 0 Å². The summed E-state index contributed by atoms with van der Waals surface area (Å²) in [6.45, 7) is 6.52. The minimum atomic E-state index is 0.465. The molecule has 0 fully saturated rings. The minimum absolute atomic E-state index is 0.465. The van der Waals surface area contributed by atoms with Crippen LogP contribution in [-0.4, -0.2) is 5.11 Å². The summed E-state index contributed by atoms with van der Waals surface area (Å²) in [5, 5.41) is 10.2. The van der Waals surface area contributed by atoms with Crippen LogP contribution in [0.4, 0.5) is 0 Å². The molecule has 1 rings (SSSR count). The summed E-state index contributed by atoms with van der Waals surface area (Å²) < 4.78 is 0. The van der Waals surface area contributed by atoms with Crippen LogP contribution in [0.5, 0.6) is 5.75 Å². The van der Waals surface area contributed by atoms with E-state index in [2.05, 4.69) is 26.0 Å². The summed E-state index contributed by atoms with van der Waals surface area (Å²) in [6, 6.07) is 6.13. The quantitative estimate of drug-likeness (QED) is 0.292. The molecule has 0 saturated carbocycles. The van der Waals surface area contributed by atoms with Gasteiger partial charge >= 0.3 is 0 Å². The highest BCUT2D eigenvalue weighted by molar-refractivity contribution is 5.41. The number of phenolic OH excluding ortho intramolecular Hbond substituents is 1. The molecule has 0 spiro atoms. The summed E-state index contributed by atoms with van der Waals surface area (Å²) in [5.74, 6) is 0.970. The van der Waals surface area contributed by atoms with Crippen molar-refractivity contribution in [3.05, 3.63) is 29.3 Å². The van der Waals surface area contributed by atoms with Gasteiger partial charge in [0.15, 0.2) is 0 Å². The number of rotatable bonds is 16.